The van der Waals surface area contributed by atoms with Gasteiger partial charge in [-0.2, -0.15) is 0 Å². The summed E-state index contributed by atoms with van der Waals surface area (Å²) in [5.74, 6) is 0.647. The van der Waals surface area contributed by atoms with E-state index in [1.165, 1.54) is 18.4 Å². The molecule has 1 N–H and O–H groups in total. The topological polar surface area (TPSA) is 37.3 Å². The summed E-state index contributed by atoms with van der Waals surface area (Å²) < 4.78 is 19.5. The Balaban J connectivity index is 2.32. The maximum absolute atomic E-state index is 10.7. The second-order valence-corrected chi connectivity index (χ2v) is 4.07. The van der Waals surface area contributed by atoms with Gasteiger partial charge in [0.05, 0.1) is 4.90 Å². The molecule has 3 heteroatoms. The molecule has 1 aliphatic rings. The fraction of sp³-hybridized carbons (Fsp3) is 0.333. The number of hydrogen-bond donors (Lipinski definition) is 1. The van der Waals surface area contributed by atoms with Crippen molar-refractivity contribution in [1.29, 1.82) is 0 Å². The van der Waals surface area contributed by atoms with Crippen molar-refractivity contribution in [2.24, 2.45) is 0 Å². The molecule has 0 spiro atoms. The lowest BCUT2D eigenvalue weighted by Crippen LogP contribution is -1.89. The third-order valence-corrected chi connectivity index (χ3v) is 2.77. The van der Waals surface area contributed by atoms with Crippen LogP contribution in [-0.4, -0.2) is 8.76 Å². The van der Waals surface area contributed by atoms with Crippen molar-refractivity contribution in [1.82, 2.24) is 0 Å². The smallest absolute Gasteiger partial charge is 0.186 e. The SMILES string of the molecule is O=S(O)c1cccc(C2CC2)c1. The van der Waals surface area contributed by atoms with E-state index in [2.05, 4.69) is 0 Å². The monoisotopic (exact) mass is 182 g/mol. The Morgan fingerprint density at radius 3 is 2.75 bits per heavy atom. The van der Waals surface area contributed by atoms with Crippen molar-refractivity contribution in [3.8, 4) is 0 Å². The summed E-state index contributed by atoms with van der Waals surface area (Å²) in [6.07, 6.45) is 2.45. The molecule has 0 bridgehead atoms. The van der Waals surface area contributed by atoms with Crippen molar-refractivity contribution < 1.29 is 8.76 Å². The largest absolute Gasteiger partial charge is 0.302 e. The molecule has 2 rings (SSSR count). The normalized spacial score (nSPS) is 19.1. The zero-order valence-electron chi connectivity index (χ0n) is 6.56. The molecule has 64 valence electrons. The van der Waals surface area contributed by atoms with E-state index < -0.39 is 11.1 Å². The highest BCUT2D eigenvalue weighted by molar-refractivity contribution is 7.79. The Morgan fingerprint density at radius 1 is 1.42 bits per heavy atom. The van der Waals surface area contributed by atoms with E-state index in [0.717, 1.165) is 0 Å². The molecule has 12 heavy (non-hydrogen) atoms. The second kappa shape index (κ2) is 2.99. The maximum atomic E-state index is 10.7. The van der Waals surface area contributed by atoms with E-state index >= 15 is 0 Å². The van der Waals surface area contributed by atoms with Gasteiger partial charge in [-0.25, -0.2) is 4.21 Å². The van der Waals surface area contributed by atoms with Crippen LogP contribution in [0.5, 0.6) is 0 Å². The van der Waals surface area contributed by atoms with E-state index in [0.29, 0.717) is 10.8 Å². The quantitative estimate of drug-likeness (QED) is 0.711. The lowest BCUT2D eigenvalue weighted by Gasteiger charge is -1.99. The van der Waals surface area contributed by atoms with E-state index in [1.54, 1.807) is 6.07 Å². The van der Waals surface area contributed by atoms with Crippen molar-refractivity contribution in [3.05, 3.63) is 29.8 Å². The summed E-state index contributed by atoms with van der Waals surface area (Å²) in [5.41, 5.74) is 1.20. The van der Waals surface area contributed by atoms with Gasteiger partial charge >= 0.3 is 0 Å². The average molecular weight is 182 g/mol. The molecule has 1 aliphatic carbocycles. The van der Waals surface area contributed by atoms with Crippen LogP contribution in [-0.2, 0) is 11.1 Å². The van der Waals surface area contributed by atoms with Gasteiger partial charge in [0.1, 0.15) is 0 Å². The highest BCUT2D eigenvalue weighted by Crippen LogP contribution is 2.40. The van der Waals surface area contributed by atoms with E-state index in [1.807, 2.05) is 18.2 Å². The van der Waals surface area contributed by atoms with Gasteiger partial charge in [-0.15, -0.1) is 0 Å². The molecule has 0 aliphatic heterocycles. The van der Waals surface area contributed by atoms with Crippen LogP contribution in [0.4, 0.5) is 0 Å². The predicted octanol–water partition coefficient (Wildman–Crippen LogP) is 2.14. The van der Waals surface area contributed by atoms with Gasteiger partial charge in [-0.1, -0.05) is 12.1 Å². The first-order chi connectivity index (χ1) is 5.77. The maximum Gasteiger partial charge on any atom is 0.186 e. The lowest BCUT2D eigenvalue weighted by molar-refractivity contribution is 0.564. The van der Waals surface area contributed by atoms with Crippen molar-refractivity contribution >= 4 is 11.1 Å². The Kier molecular flexibility index (Phi) is 1.98. The Labute approximate surface area is 73.9 Å². The molecule has 2 nitrogen and oxygen atoms in total. The average Bonchev–Trinajstić information content (AvgIpc) is 2.87. The first-order valence-electron chi connectivity index (χ1n) is 3.98. The summed E-state index contributed by atoms with van der Waals surface area (Å²) in [6, 6.07) is 7.38. The van der Waals surface area contributed by atoms with Crippen LogP contribution >= 0.6 is 0 Å². The van der Waals surface area contributed by atoms with Gasteiger partial charge in [0.25, 0.3) is 0 Å². The lowest BCUT2D eigenvalue weighted by atomic mass is 10.1. The first-order valence-corrected chi connectivity index (χ1v) is 5.09. The third-order valence-electron chi connectivity index (χ3n) is 2.11. The standard InChI is InChI=1S/C9H10O2S/c10-12(11)9-3-1-2-8(6-9)7-4-5-7/h1-3,6-7H,4-5H2,(H,10,11). The molecule has 0 aromatic heterocycles. The molecule has 1 aromatic rings. The van der Waals surface area contributed by atoms with Crippen LogP contribution in [0.1, 0.15) is 24.3 Å². The van der Waals surface area contributed by atoms with Crippen LogP contribution in [0.2, 0.25) is 0 Å². The van der Waals surface area contributed by atoms with Crippen molar-refractivity contribution in [2.75, 3.05) is 0 Å². The van der Waals surface area contributed by atoms with Crippen LogP contribution in [0.15, 0.2) is 29.2 Å². The summed E-state index contributed by atoms with van der Waals surface area (Å²) in [7, 11) is 0. The minimum absolute atomic E-state index is 0.513. The molecule has 1 unspecified atom stereocenters. The van der Waals surface area contributed by atoms with Crippen molar-refractivity contribution in [2.45, 2.75) is 23.7 Å². The number of hydrogen-bond acceptors (Lipinski definition) is 1. The van der Waals surface area contributed by atoms with E-state index in [-0.39, 0.29) is 0 Å². The predicted molar refractivity (Wildman–Crippen MR) is 47.5 cm³/mol. The summed E-state index contributed by atoms with van der Waals surface area (Å²) in [5, 5.41) is 0. The molecule has 0 amide bonds. The Hall–Kier alpha value is -0.670. The van der Waals surface area contributed by atoms with Gasteiger partial charge in [-0.3, -0.25) is 0 Å². The van der Waals surface area contributed by atoms with Gasteiger partial charge in [-0.05, 0) is 36.5 Å². The van der Waals surface area contributed by atoms with Crippen LogP contribution in [0.3, 0.4) is 0 Å². The van der Waals surface area contributed by atoms with Gasteiger partial charge in [0, 0.05) is 0 Å². The van der Waals surface area contributed by atoms with Crippen LogP contribution in [0, 0.1) is 0 Å². The van der Waals surface area contributed by atoms with E-state index in [4.69, 9.17) is 4.55 Å². The Bertz CT molecular complexity index is 318. The molecule has 1 aromatic carbocycles. The molecule has 0 heterocycles. The van der Waals surface area contributed by atoms with Gasteiger partial charge in [0.2, 0.25) is 0 Å². The summed E-state index contributed by atoms with van der Waals surface area (Å²) >= 11 is -1.83. The zero-order chi connectivity index (χ0) is 8.55. The highest BCUT2D eigenvalue weighted by atomic mass is 32.2. The first kappa shape index (κ1) is 7.95. The van der Waals surface area contributed by atoms with Crippen LogP contribution in [0.25, 0.3) is 0 Å². The van der Waals surface area contributed by atoms with Crippen LogP contribution < -0.4 is 0 Å². The summed E-state index contributed by atoms with van der Waals surface area (Å²) in [6.45, 7) is 0. The molecule has 1 saturated carbocycles. The minimum Gasteiger partial charge on any atom is -0.302 e. The minimum atomic E-state index is -1.83. The molecule has 1 fully saturated rings. The second-order valence-electron chi connectivity index (χ2n) is 3.10. The zero-order valence-corrected chi connectivity index (χ0v) is 7.38. The van der Waals surface area contributed by atoms with Gasteiger partial charge in [0.15, 0.2) is 11.1 Å². The molecule has 1 atom stereocenters. The fourth-order valence-electron chi connectivity index (χ4n) is 1.29. The van der Waals surface area contributed by atoms with E-state index in [9.17, 15) is 4.21 Å². The molecular formula is C9H10O2S. The highest BCUT2D eigenvalue weighted by Gasteiger charge is 2.23. The van der Waals surface area contributed by atoms with Gasteiger partial charge < -0.3 is 4.55 Å². The molecule has 0 saturated heterocycles. The van der Waals surface area contributed by atoms with Crippen molar-refractivity contribution in [3.63, 3.8) is 0 Å². The molecular weight excluding hydrogens is 172 g/mol. The fourth-order valence-corrected chi connectivity index (χ4v) is 1.73. The third kappa shape index (κ3) is 1.57. The number of rotatable bonds is 2. The Morgan fingerprint density at radius 2 is 2.17 bits per heavy atom. The number of benzene rings is 1. The molecule has 0 radical (unpaired) electrons. The summed E-state index contributed by atoms with van der Waals surface area (Å²) in [4.78, 5) is 0.513.